The molecule has 2 heterocycles. The Morgan fingerprint density at radius 2 is 0.755 bits per heavy atom. The Bertz CT molecular complexity index is 2140. The molecule has 0 saturated heterocycles. The first-order valence-electron chi connectivity index (χ1n) is 17.3. The number of carbonyl (C=O) groups is 2. The van der Waals surface area contributed by atoms with E-state index in [0.717, 1.165) is 32.1 Å². The largest absolute Gasteiger partial charge is 0.480 e. The van der Waals surface area contributed by atoms with E-state index < -0.39 is 24.0 Å². The molecule has 0 fully saturated rings. The van der Waals surface area contributed by atoms with Crippen LogP contribution in [0.1, 0.15) is 54.8 Å². The van der Waals surface area contributed by atoms with E-state index >= 15 is 0 Å². The van der Waals surface area contributed by atoms with Crippen molar-refractivity contribution in [2.45, 2.75) is 24.0 Å². The lowest BCUT2D eigenvalue weighted by Crippen LogP contribution is -2.28. The van der Waals surface area contributed by atoms with Gasteiger partial charge in [-0.25, -0.2) is 0 Å². The molecule has 0 bridgehead atoms. The minimum atomic E-state index is -0.874. The number of ether oxygens (including phenoxy) is 2. The topological polar surface area (TPSA) is 52.6 Å². The second-order valence-electron chi connectivity index (χ2n) is 12.8. The maximum absolute atomic E-state index is 14.5. The first-order chi connectivity index (χ1) is 26.0. The van der Waals surface area contributed by atoms with Crippen molar-refractivity contribution in [1.29, 1.82) is 0 Å². The zero-order valence-corrected chi connectivity index (χ0v) is 30.6. The van der Waals surface area contributed by atoms with E-state index in [9.17, 15) is 9.59 Å². The highest BCUT2D eigenvalue weighted by molar-refractivity contribution is 8.07. The maximum Gasteiger partial charge on any atom is 0.204 e. The summed E-state index contributed by atoms with van der Waals surface area (Å²) in [5, 5.41) is 1.09. The SMILES string of the molecule is O=C(c1ccc(Cl)cc1)[C@H]1OC(c2ccccc2)=C(SC2=C(c3ccccc3)O[C@H](C(=O)c3ccc(Cl)cc3)[C@H]2c2ccccc2)[C@@H]1c1ccccc1. The van der Waals surface area contributed by atoms with Crippen molar-refractivity contribution in [3.63, 3.8) is 0 Å². The molecular weight excluding hydrogens is 719 g/mol. The maximum atomic E-state index is 14.5. The lowest BCUT2D eigenvalue weighted by atomic mass is 9.89. The predicted molar refractivity (Wildman–Crippen MR) is 214 cm³/mol. The van der Waals surface area contributed by atoms with Gasteiger partial charge in [-0.2, -0.15) is 0 Å². The Balaban J connectivity index is 1.32. The van der Waals surface area contributed by atoms with Crippen LogP contribution in [0.4, 0.5) is 0 Å². The van der Waals surface area contributed by atoms with Gasteiger partial charge in [-0.05, 0) is 59.7 Å². The van der Waals surface area contributed by atoms with Crippen LogP contribution in [0.15, 0.2) is 180 Å². The molecule has 0 aromatic heterocycles. The van der Waals surface area contributed by atoms with E-state index in [-0.39, 0.29) is 11.6 Å². The summed E-state index contributed by atoms with van der Waals surface area (Å²) in [6, 6.07) is 53.5. The summed E-state index contributed by atoms with van der Waals surface area (Å²) in [4.78, 5) is 30.7. The molecular formula is C46H32Cl2O4S. The van der Waals surface area contributed by atoms with Crippen molar-refractivity contribution >= 4 is 58.0 Å². The summed E-state index contributed by atoms with van der Waals surface area (Å²) in [5.74, 6) is -0.0604. The van der Waals surface area contributed by atoms with Crippen molar-refractivity contribution in [3.05, 3.63) is 223 Å². The Kier molecular flexibility index (Phi) is 10.1. The monoisotopic (exact) mass is 750 g/mol. The van der Waals surface area contributed by atoms with Crippen LogP contribution in [-0.2, 0) is 9.47 Å². The molecule has 0 unspecified atom stereocenters. The van der Waals surface area contributed by atoms with Crippen LogP contribution >= 0.6 is 35.0 Å². The van der Waals surface area contributed by atoms with Gasteiger partial charge in [0, 0.05) is 42.1 Å². The van der Waals surface area contributed by atoms with Gasteiger partial charge in [0.15, 0.2) is 12.2 Å². The number of benzene rings is 6. The number of thioether (sulfide) groups is 1. The second kappa shape index (κ2) is 15.3. The number of ketones is 2. The minimum Gasteiger partial charge on any atom is -0.480 e. The molecule has 6 aromatic carbocycles. The van der Waals surface area contributed by atoms with Gasteiger partial charge < -0.3 is 9.47 Å². The van der Waals surface area contributed by atoms with E-state index in [0.29, 0.717) is 32.7 Å². The van der Waals surface area contributed by atoms with Gasteiger partial charge in [0.1, 0.15) is 11.5 Å². The number of Topliss-reactive ketones (excluding diaryl/α,β-unsaturated/α-hetero) is 2. The fraction of sp³-hybridized carbons (Fsp3) is 0.0870. The Hall–Kier alpha value is -5.33. The molecule has 260 valence electrons. The first kappa shape index (κ1) is 34.7. The van der Waals surface area contributed by atoms with Crippen molar-refractivity contribution in [1.82, 2.24) is 0 Å². The second-order valence-corrected chi connectivity index (χ2v) is 14.8. The zero-order chi connectivity index (χ0) is 36.3. The highest BCUT2D eigenvalue weighted by Crippen LogP contribution is 2.57. The number of carbonyl (C=O) groups excluding carboxylic acids is 2. The van der Waals surface area contributed by atoms with Gasteiger partial charge in [-0.15, -0.1) is 0 Å². The zero-order valence-electron chi connectivity index (χ0n) is 28.3. The molecule has 0 amide bonds. The van der Waals surface area contributed by atoms with Gasteiger partial charge in [-0.3, -0.25) is 9.59 Å². The minimum absolute atomic E-state index is 0.158. The van der Waals surface area contributed by atoms with Gasteiger partial charge in [0.25, 0.3) is 0 Å². The van der Waals surface area contributed by atoms with Crippen LogP contribution in [0.5, 0.6) is 0 Å². The van der Waals surface area contributed by atoms with E-state index in [2.05, 4.69) is 0 Å². The van der Waals surface area contributed by atoms with Crippen LogP contribution < -0.4 is 0 Å². The Morgan fingerprint density at radius 1 is 0.434 bits per heavy atom. The lowest BCUT2D eigenvalue weighted by molar-refractivity contribution is 0.0750. The highest BCUT2D eigenvalue weighted by Gasteiger charge is 2.48. The molecule has 53 heavy (non-hydrogen) atoms. The molecule has 0 radical (unpaired) electrons. The third kappa shape index (κ3) is 7.08. The van der Waals surface area contributed by atoms with Crippen LogP contribution in [0.3, 0.4) is 0 Å². The van der Waals surface area contributed by atoms with Crippen molar-refractivity contribution in [2.24, 2.45) is 0 Å². The molecule has 2 aliphatic rings. The van der Waals surface area contributed by atoms with Crippen molar-refractivity contribution in [2.75, 3.05) is 0 Å². The molecule has 7 heteroatoms. The van der Waals surface area contributed by atoms with Gasteiger partial charge >= 0.3 is 0 Å². The van der Waals surface area contributed by atoms with Crippen LogP contribution in [-0.4, -0.2) is 23.8 Å². The number of hydrogen-bond acceptors (Lipinski definition) is 5. The normalized spacial score (nSPS) is 19.5. The molecule has 4 nitrogen and oxygen atoms in total. The average molecular weight is 752 g/mol. The number of hydrogen-bond donors (Lipinski definition) is 0. The molecule has 0 aliphatic carbocycles. The fourth-order valence-electron chi connectivity index (χ4n) is 6.94. The summed E-state index contributed by atoms with van der Waals surface area (Å²) in [6.45, 7) is 0. The van der Waals surface area contributed by atoms with Crippen LogP contribution in [0, 0.1) is 0 Å². The smallest absolute Gasteiger partial charge is 0.204 e. The quantitative estimate of drug-likeness (QED) is 0.130. The van der Waals surface area contributed by atoms with Gasteiger partial charge in [0.05, 0.1) is 11.8 Å². The lowest BCUT2D eigenvalue weighted by Gasteiger charge is -2.23. The fourth-order valence-corrected chi connectivity index (χ4v) is 8.72. The molecule has 0 N–H and O–H groups in total. The molecule has 6 aromatic rings. The Morgan fingerprint density at radius 3 is 1.09 bits per heavy atom. The van der Waals surface area contributed by atoms with Crippen molar-refractivity contribution < 1.29 is 19.1 Å². The average Bonchev–Trinajstić information content (AvgIpc) is 3.78. The third-order valence-corrected chi connectivity index (χ3v) is 11.3. The molecule has 4 atom stereocenters. The first-order valence-corrected chi connectivity index (χ1v) is 18.8. The standard InChI is InChI=1S/C46H32Cl2O4S/c47-35-25-21-31(22-26-35)39(49)43-37(29-13-5-1-6-14-29)45(41(51-43)33-17-9-3-10-18-33)53-46-38(30-15-7-2-8-16-30)44(40(50)32-23-27-36(48)28-24-32)52-42(46)34-19-11-4-12-20-34/h1-28,37-38,43-44H/t37-,38-,43+,44+/m1/s1. The number of rotatable bonds is 10. The third-order valence-electron chi connectivity index (χ3n) is 9.49. The van der Waals surface area contributed by atoms with Crippen LogP contribution in [0.25, 0.3) is 11.5 Å². The van der Waals surface area contributed by atoms with E-state index in [4.69, 9.17) is 32.7 Å². The highest BCUT2D eigenvalue weighted by atomic mass is 35.5. The van der Waals surface area contributed by atoms with Gasteiger partial charge in [0.2, 0.25) is 11.6 Å². The molecule has 0 spiro atoms. The predicted octanol–water partition coefficient (Wildman–Crippen LogP) is 11.9. The summed E-state index contributed by atoms with van der Waals surface area (Å²) in [6.07, 6.45) is -1.75. The van der Waals surface area contributed by atoms with E-state index in [1.165, 1.54) is 11.8 Å². The van der Waals surface area contributed by atoms with E-state index in [1.807, 2.05) is 121 Å². The van der Waals surface area contributed by atoms with Gasteiger partial charge in [-0.1, -0.05) is 156 Å². The summed E-state index contributed by atoms with van der Waals surface area (Å²) < 4.78 is 13.7. The molecule has 8 rings (SSSR count). The molecule has 0 saturated carbocycles. The Labute approximate surface area is 322 Å². The van der Waals surface area contributed by atoms with Crippen LogP contribution in [0.2, 0.25) is 10.0 Å². The summed E-state index contributed by atoms with van der Waals surface area (Å²) in [5.41, 5.74) is 4.55. The summed E-state index contributed by atoms with van der Waals surface area (Å²) >= 11 is 14.0. The van der Waals surface area contributed by atoms with E-state index in [1.54, 1.807) is 48.5 Å². The van der Waals surface area contributed by atoms with Crippen molar-refractivity contribution in [3.8, 4) is 0 Å². The summed E-state index contributed by atoms with van der Waals surface area (Å²) in [7, 11) is 0. The number of halogens is 2. The molecule has 2 aliphatic heterocycles.